The summed E-state index contributed by atoms with van der Waals surface area (Å²) >= 11 is 5.95. The van der Waals surface area contributed by atoms with Gasteiger partial charge in [0.05, 0.1) is 5.52 Å². The molecule has 1 aromatic heterocycles. The van der Waals surface area contributed by atoms with Gasteiger partial charge in [-0.25, -0.2) is 14.6 Å². The SMILES string of the molecule is O=C(O)C(Oc1ccc2c(Cl)cccc2n1)C(=O)O. The van der Waals surface area contributed by atoms with Gasteiger partial charge in [0.25, 0.3) is 6.10 Å². The predicted molar refractivity (Wildman–Crippen MR) is 66.4 cm³/mol. The Bertz CT molecular complexity index is 644. The first-order chi connectivity index (χ1) is 8.99. The molecular weight excluding hydrogens is 274 g/mol. The number of carboxylic acids is 2. The second kappa shape index (κ2) is 5.11. The molecule has 0 aliphatic carbocycles. The van der Waals surface area contributed by atoms with Crippen molar-refractivity contribution in [1.82, 2.24) is 4.98 Å². The molecule has 0 unspecified atom stereocenters. The van der Waals surface area contributed by atoms with E-state index in [2.05, 4.69) is 4.98 Å². The van der Waals surface area contributed by atoms with Crippen molar-refractivity contribution in [2.75, 3.05) is 0 Å². The number of rotatable bonds is 4. The maximum Gasteiger partial charge on any atom is 0.356 e. The first kappa shape index (κ1) is 13.1. The summed E-state index contributed by atoms with van der Waals surface area (Å²) in [5.74, 6) is -3.29. The molecule has 1 heterocycles. The van der Waals surface area contributed by atoms with E-state index >= 15 is 0 Å². The van der Waals surface area contributed by atoms with Gasteiger partial charge in [0.2, 0.25) is 5.88 Å². The van der Waals surface area contributed by atoms with Gasteiger partial charge in [0, 0.05) is 16.5 Å². The zero-order valence-corrected chi connectivity index (χ0v) is 10.2. The van der Waals surface area contributed by atoms with Gasteiger partial charge >= 0.3 is 11.9 Å². The minimum absolute atomic E-state index is 0.0930. The third kappa shape index (κ3) is 2.74. The van der Waals surface area contributed by atoms with Crippen LogP contribution >= 0.6 is 11.6 Å². The summed E-state index contributed by atoms with van der Waals surface area (Å²) in [7, 11) is 0. The molecule has 0 saturated heterocycles. The number of pyridine rings is 1. The van der Waals surface area contributed by atoms with Crippen molar-refractivity contribution >= 4 is 34.4 Å². The van der Waals surface area contributed by atoms with Crippen molar-refractivity contribution in [3.05, 3.63) is 35.4 Å². The highest BCUT2D eigenvalue weighted by Gasteiger charge is 2.28. The van der Waals surface area contributed by atoms with Gasteiger partial charge in [-0.3, -0.25) is 0 Å². The number of carboxylic acid groups (broad SMARTS) is 2. The molecule has 0 amide bonds. The molecule has 0 aliphatic heterocycles. The molecule has 2 N–H and O–H groups in total. The molecular formula is C12H8ClNO5. The van der Waals surface area contributed by atoms with Crippen molar-refractivity contribution in [2.45, 2.75) is 6.10 Å². The molecule has 0 spiro atoms. The summed E-state index contributed by atoms with van der Waals surface area (Å²) in [5.41, 5.74) is 0.486. The lowest BCUT2D eigenvalue weighted by Gasteiger charge is -2.10. The van der Waals surface area contributed by atoms with Gasteiger partial charge in [-0.05, 0) is 18.2 Å². The summed E-state index contributed by atoms with van der Waals surface area (Å²) in [6, 6.07) is 7.97. The van der Waals surface area contributed by atoms with E-state index in [1.165, 1.54) is 6.07 Å². The van der Waals surface area contributed by atoms with Gasteiger partial charge in [-0.1, -0.05) is 17.7 Å². The first-order valence-corrected chi connectivity index (χ1v) is 5.54. The normalized spacial score (nSPS) is 10.6. The summed E-state index contributed by atoms with van der Waals surface area (Å²) in [4.78, 5) is 25.4. The Balaban J connectivity index is 2.36. The Labute approximate surface area is 112 Å². The molecule has 2 aromatic rings. The Kier molecular flexibility index (Phi) is 3.52. The molecule has 0 aliphatic rings. The highest BCUT2D eigenvalue weighted by atomic mass is 35.5. The summed E-state index contributed by atoms with van der Waals surface area (Å²) in [6.45, 7) is 0. The fourth-order valence-corrected chi connectivity index (χ4v) is 1.72. The van der Waals surface area contributed by atoms with Crippen LogP contribution in [-0.4, -0.2) is 33.2 Å². The molecule has 0 atom stereocenters. The first-order valence-electron chi connectivity index (χ1n) is 5.16. The lowest BCUT2D eigenvalue weighted by Crippen LogP contribution is -2.35. The third-order valence-corrected chi connectivity index (χ3v) is 2.67. The minimum Gasteiger partial charge on any atom is -0.478 e. The van der Waals surface area contributed by atoms with Crippen LogP contribution in [0, 0.1) is 0 Å². The van der Waals surface area contributed by atoms with Crippen LogP contribution in [0.5, 0.6) is 5.88 Å². The summed E-state index contributed by atoms with van der Waals surface area (Å²) in [6.07, 6.45) is -2.00. The van der Waals surface area contributed by atoms with Crippen LogP contribution in [0.3, 0.4) is 0 Å². The number of hydrogen-bond donors (Lipinski definition) is 2. The molecule has 19 heavy (non-hydrogen) atoms. The Morgan fingerprint density at radius 2 is 1.84 bits per heavy atom. The van der Waals surface area contributed by atoms with E-state index in [1.54, 1.807) is 24.3 Å². The van der Waals surface area contributed by atoms with Gasteiger partial charge in [-0.2, -0.15) is 0 Å². The van der Waals surface area contributed by atoms with Crippen LogP contribution in [0.2, 0.25) is 5.02 Å². The second-order valence-electron chi connectivity index (χ2n) is 3.63. The molecule has 0 saturated carbocycles. The average Bonchev–Trinajstić information content (AvgIpc) is 2.35. The Morgan fingerprint density at radius 3 is 2.47 bits per heavy atom. The quantitative estimate of drug-likeness (QED) is 0.830. The second-order valence-corrected chi connectivity index (χ2v) is 4.04. The average molecular weight is 282 g/mol. The lowest BCUT2D eigenvalue weighted by molar-refractivity contribution is -0.159. The number of fused-ring (bicyclic) bond motifs is 1. The highest BCUT2D eigenvalue weighted by Crippen LogP contribution is 2.24. The van der Waals surface area contributed by atoms with Crippen molar-refractivity contribution < 1.29 is 24.5 Å². The molecule has 0 fully saturated rings. The van der Waals surface area contributed by atoms with Gasteiger partial charge in [0.15, 0.2) is 0 Å². The number of nitrogens with zero attached hydrogens (tertiary/aromatic N) is 1. The monoisotopic (exact) mass is 281 g/mol. The van der Waals surface area contributed by atoms with Gasteiger partial charge < -0.3 is 14.9 Å². The van der Waals surface area contributed by atoms with Gasteiger partial charge in [0.1, 0.15) is 0 Å². The molecule has 2 rings (SSSR count). The lowest BCUT2D eigenvalue weighted by atomic mass is 10.2. The van der Waals surface area contributed by atoms with Crippen LogP contribution in [0.25, 0.3) is 10.9 Å². The summed E-state index contributed by atoms with van der Waals surface area (Å²) < 4.78 is 4.83. The number of halogens is 1. The number of carbonyl (C=O) groups is 2. The van der Waals surface area contributed by atoms with E-state index in [0.29, 0.717) is 15.9 Å². The third-order valence-electron chi connectivity index (χ3n) is 2.34. The fourth-order valence-electron chi connectivity index (χ4n) is 1.49. The van der Waals surface area contributed by atoms with Gasteiger partial charge in [-0.15, -0.1) is 0 Å². The zero-order valence-electron chi connectivity index (χ0n) is 9.41. The van der Waals surface area contributed by atoms with Crippen LogP contribution in [0.4, 0.5) is 0 Å². The molecule has 6 nitrogen and oxygen atoms in total. The number of ether oxygens (including phenoxy) is 1. The van der Waals surface area contributed by atoms with Crippen LogP contribution in [-0.2, 0) is 9.59 Å². The van der Waals surface area contributed by atoms with E-state index in [0.717, 1.165) is 0 Å². The number of benzene rings is 1. The van der Waals surface area contributed by atoms with Crippen LogP contribution < -0.4 is 4.74 Å². The number of aromatic nitrogens is 1. The number of hydrogen-bond acceptors (Lipinski definition) is 4. The molecule has 7 heteroatoms. The molecule has 98 valence electrons. The largest absolute Gasteiger partial charge is 0.478 e. The standard InChI is InChI=1S/C12H8ClNO5/c13-7-2-1-3-8-6(7)4-5-9(14-8)19-10(11(15)16)12(17)18/h1-5,10H,(H,15,16)(H,17,18). The van der Waals surface area contributed by atoms with Crippen molar-refractivity contribution in [2.24, 2.45) is 0 Å². The van der Waals surface area contributed by atoms with E-state index < -0.39 is 18.0 Å². The Morgan fingerprint density at radius 1 is 1.16 bits per heavy atom. The topological polar surface area (TPSA) is 96.7 Å². The van der Waals surface area contributed by atoms with Crippen molar-refractivity contribution in [1.29, 1.82) is 0 Å². The van der Waals surface area contributed by atoms with E-state index in [1.807, 2.05) is 0 Å². The number of aliphatic carboxylic acids is 2. The highest BCUT2D eigenvalue weighted by molar-refractivity contribution is 6.35. The Hall–Kier alpha value is -2.34. The smallest absolute Gasteiger partial charge is 0.356 e. The zero-order chi connectivity index (χ0) is 14.0. The minimum atomic E-state index is -2.00. The van der Waals surface area contributed by atoms with E-state index in [9.17, 15) is 9.59 Å². The fraction of sp³-hybridized carbons (Fsp3) is 0.0833. The van der Waals surface area contributed by atoms with E-state index in [4.69, 9.17) is 26.6 Å². The predicted octanol–water partition coefficient (Wildman–Crippen LogP) is 1.80. The van der Waals surface area contributed by atoms with Crippen molar-refractivity contribution in [3.63, 3.8) is 0 Å². The maximum atomic E-state index is 10.7. The summed E-state index contributed by atoms with van der Waals surface area (Å²) in [5, 5.41) is 18.6. The van der Waals surface area contributed by atoms with Crippen molar-refractivity contribution in [3.8, 4) is 5.88 Å². The maximum absolute atomic E-state index is 10.7. The van der Waals surface area contributed by atoms with Crippen LogP contribution in [0.15, 0.2) is 30.3 Å². The van der Waals surface area contributed by atoms with Crippen LogP contribution in [0.1, 0.15) is 0 Å². The molecule has 1 aromatic carbocycles. The van der Waals surface area contributed by atoms with E-state index in [-0.39, 0.29) is 5.88 Å². The molecule has 0 bridgehead atoms. The molecule has 0 radical (unpaired) electrons.